The topological polar surface area (TPSA) is 96.0 Å². The average molecular weight is 621 g/mol. The molecule has 0 spiro atoms. The first kappa shape index (κ1) is 32.2. The van der Waals surface area contributed by atoms with E-state index in [1.54, 1.807) is 49.4 Å². The van der Waals surface area contributed by atoms with E-state index in [1.165, 1.54) is 36.3 Å². The highest BCUT2D eigenvalue weighted by molar-refractivity contribution is 7.92. The van der Waals surface area contributed by atoms with Crippen molar-refractivity contribution < 1.29 is 22.7 Å². The smallest absolute Gasteiger partial charge is 0.264 e. The third-order valence-electron chi connectivity index (χ3n) is 6.26. The number of nitrogens with one attached hydrogen (secondary N) is 1. The number of carbonyl (C=O) groups excluding carboxylic acids is 2. The van der Waals surface area contributed by atoms with E-state index in [9.17, 15) is 18.0 Å². The first-order valence-electron chi connectivity index (χ1n) is 12.9. The minimum absolute atomic E-state index is 0.0193. The molecule has 0 aliphatic rings. The van der Waals surface area contributed by atoms with Crippen LogP contribution < -0.4 is 14.4 Å². The lowest BCUT2D eigenvalue weighted by Gasteiger charge is -2.34. The summed E-state index contributed by atoms with van der Waals surface area (Å²) in [5, 5.41) is 3.56. The normalized spacial score (nSPS) is 12.4. The summed E-state index contributed by atoms with van der Waals surface area (Å²) in [6, 6.07) is 16.8. The Kier molecular flexibility index (Phi) is 10.3. The molecule has 0 saturated heterocycles. The number of methoxy groups -OCH3 is 1. The lowest BCUT2D eigenvalue weighted by Crippen LogP contribution is -2.54. The van der Waals surface area contributed by atoms with Crippen molar-refractivity contribution in [1.29, 1.82) is 0 Å². The molecule has 3 rings (SSSR count). The number of hydrogen-bond donors (Lipinski definition) is 1. The summed E-state index contributed by atoms with van der Waals surface area (Å²) >= 11 is 12.7. The van der Waals surface area contributed by atoms with Crippen molar-refractivity contribution in [2.24, 2.45) is 0 Å². The number of nitrogens with zero attached hydrogens (tertiary/aromatic N) is 2. The fraction of sp³-hybridized carbons (Fsp3) is 0.333. The van der Waals surface area contributed by atoms with E-state index >= 15 is 0 Å². The fourth-order valence-electron chi connectivity index (χ4n) is 4.08. The van der Waals surface area contributed by atoms with Crippen molar-refractivity contribution in [2.45, 2.75) is 57.6 Å². The van der Waals surface area contributed by atoms with E-state index < -0.39 is 40.0 Å². The monoisotopic (exact) mass is 619 g/mol. The number of amides is 2. The van der Waals surface area contributed by atoms with Gasteiger partial charge in [0.05, 0.1) is 17.7 Å². The molecule has 1 atom stereocenters. The van der Waals surface area contributed by atoms with Gasteiger partial charge in [-0.25, -0.2) is 8.42 Å². The van der Waals surface area contributed by atoms with Gasteiger partial charge in [-0.3, -0.25) is 13.9 Å². The second-order valence-corrected chi connectivity index (χ2v) is 13.4. The molecule has 0 radical (unpaired) electrons. The van der Waals surface area contributed by atoms with E-state index in [2.05, 4.69) is 5.32 Å². The van der Waals surface area contributed by atoms with Gasteiger partial charge in [-0.2, -0.15) is 0 Å². The number of anilines is 1. The minimum Gasteiger partial charge on any atom is -0.495 e. The average Bonchev–Trinajstić information content (AvgIpc) is 2.90. The van der Waals surface area contributed by atoms with Crippen LogP contribution in [0.1, 0.15) is 38.8 Å². The van der Waals surface area contributed by atoms with Crippen LogP contribution in [0.3, 0.4) is 0 Å². The van der Waals surface area contributed by atoms with Gasteiger partial charge in [-0.1, -0.05) is 59.1 Å². The Labute approximate surface area is 252 Å². The van der Waals surface area contributed by atoms with E-state index in [0.717, 1.165) is 9.87 Å². The predicted molar refractivity (Wildman–Crippen MR) is 163 cm³/mol. The van der Waals surface area contributed by atoms with Gasteiger partial charge < -0.3 is 15.0 Å². The third kappa shape index (κ3) is 8.15. The van der Waals surface area contributed by atoms with Crippen molar-refractivity contribution in [3.63, 3.8) is 0 Å². The highest BCUT2D eigenvalue weighted by Crippen LogP contribution is 2.35. The molecule has 0 aliphatic heterocycles. The lowest BCUT2D eigenvalue weighted by molar-refractivity contribution is -0.140. The maximum absolute atomic E-state index is 14.1. The Morgan fingerprint density at radius 2 is 1.63 bits per heavy atom. The number of hydrogen-bond acceptors (Lipinski definition) is 5. The fourth-order valence-corrected chi connectivity index (χ4v) is 5.85. The number of rotatable bonds is 10. The molecule has 1 N–H and O–H groups in total. The van der Waals surface area contributed by atoms with Crippen molar-refractivity contribution >= 4 is 50.7 Å². The Hall–Kier alpha value is -3.27. The SMILES string of the molecule is COc1ccc(Cl)cc1N(CC(=O)N(Cc1ccccc1Cl)C(C)C(=O)NC(C)(C)C)S(=O)(=O)c1ccc(C)cc1. The van der Waals surface area contributed by atoms with E-state index in [4.69, 9.17) is 27.9 Å². The summed E-state index contributed by atoms with van der Waals surface area (Å²) in [4.78, 5) is 28.6. The van der Waals surface area contributed by atoms with Gasteiger partial charge in [-0.15, -0.1) is 0 Å². The van der Waals surface area contributed by atoms with Gasteiger partial charge in [0.15, 0.2) is 0 Å². The summed E-state index contributed by atoms with van der Waals surface area (Å²) in [7, 11) is -2.89. The van der Waals surface area contributed by atoms with Crippen LogP contribution in [0.4, 0.5) is 5.69 Å². The van der Waals surface area contributed by atoms with Crippen molar-refractivity contribution in [2.75, 3.05) is 18.0 Å². The number of carbonyl (C=O) groups is 2. The third-order valence-corrected chi connectivity index (χ3v) is 8.64. The molecule has 0 aromatic heterocycles. The van der Waals surface area contributed by atoms with E-state index in [1.807, 2.05) is 27.7 Å². The van der Waals surface area contributed by atoms with Gasteiger partial charge in [0.25, 0.3) is 10.0 Å². The lowest BCUT2D eigenvalue weighted by atomic mass is 10.1. The van der Waals surface area contributed by atoms with E-state index in [0.29, 0.717) is 10.6 Å². The summed E-state index contributed by atoms with van der Waals surface area (Å²) in [6.45, 7) is 8.27. The van der Waals surface area contributed by atoms with Gasteiger partial charge in [0.1, 0.15) is 18.3 Å². The molecule has 11 heteroatoms. The highest BCUT2D eigenvalue weighted by Gasteiger charge is 2.34. The second-order valence-electron chi connectivity index (χ2n) is 10.7. The summed E-state index contributed by atoms with van der Waals surface area (Å²) in [5.74, 6) is -0.820. The zero-order valence-corrected chi connectivity index (χ0v) is 26.3. The standard InChI is InChI=1S/C30H35Cl2N3O5S/c1-20-11-14-24(15-12-20)41(38,39)35(26-17-23(31)13-16-27(26)40-6)19-28(36)34(18-22-9-7-8-10-25(22)32)21(2)29(37)33-30(3,4)5/h7-17,21H,18-19H2,1-6H3,(H,33,37). The number of benzene rings is 3. The van der Waals surface area contributed by atoms with Crippen LogP contribution in [0.15, 0.2) is 71.6 Å². The van der Waals surface area contributed by atoms with Crippen LogP contribution in [0, 0.1) is 6.92 Å². The van der Waals surface area contributed by atoms with Crippen LogP contribution in [0.2, 0.25) is 10.0 Å². The number of sulfonamides is 1. The van der Waals surface area contributed by atoms with Gasteiger partial charge >= 0.3 is 0 Å². The van der Waals surface area contributed by atoms with Crippen molar-refractivity contribution in [3.8, 4) is 5.75 Å². The molecule has 2 amide bonds. The van der Waals surface area contributed by atoms with Crippen LogP contribution in [-0.2, 0) is 26.2 Å². The molecular weight excluding hydrogens is 585 g/mol. The van der Waals surface area contributed by atoms with Gasteiger partial charge in [0, 0.05) is 22.1 Å². The second kappa shape index (κ2) is 13.1. The first-order chi connectivity index (χ1) is 19.1. The van der Waals surface area contributed by atoms with Crippen LogP contribution in [0.5, 0.6) is 5.75 Å². The number of halogens is 2. The Bertz CT molecular complexity index is 1510. The van der Waals surface area contributed by atoms with Crippen LogP contribution >= 0.6 is 23.2 Å². The Morgan fingerprint density at radius 3 is 2.22 bits per heavy atom. The predicted octanol–water partition coefficient (Wildman–Crippen LogP) is 5.84. The summed E-state index contributed by atoms with van der Waals surface area (Å²) in [5.41, 5.74) is 1.00. The molecular formula is C30H35Cl2N3O5S. The van der Waals surface area contributed by atoms with Crippen LogP contribution in [-0.4, -0.2) is 50.4 Å². The molecule has 0 aliphatic carbocycles. The molecule has 0 saturated carbocycles. The molecule has 41 heavy (non-hydrogen) atoms. The Balaban J connectivity index is 2.12. The Morgan fingerprint density at radius 1 is 1.00 bits per heavy atom. The zero-order valence-electron chi connectivity index (χ0n) is 23.9. The minimum atomic E-state index is -4.28. The molecule has 0 heterocycles. The largest absolute Gasteiger partial charge is 0.495 e. The maximum atomic E-state index is 14.1. The van der Waals surface area contributed by atoms with Crippen molar-refractivity contribution in [1.82, 2.24) is 10.2 Å². The number of ether oxygens (including phenoxy) is 1. The number of aryl methyl sites for hydroxylation is 1. The quantitative estimate of drug-likeness (QED) is 0.308. The zero-order chi connectivity index (χ0) is 30.5. The van der Waals surface area contributed by atoms with Gasteiger partial charge in [-0.05, 0) is 76.6 Å². The van der Waals surface area contributed by atoms with Gasteiger partial charge in [0.2, 0.25) is 11.8 Å². The molecule has 220 valence electrons. The van der Waals surface area contributed by atoms with Crippen LogP contribution in [0.25, 0.3) is 0 Å². The molecule has 3 aromatic rings. The first-order valence-corrected chi connectivity index (χ1v) is 15.1. The molecule has 0 bridgehead atoms. The van der Waals surface area contributed by atoms with E-state index in [-0.39, 0.29) is 27.9 Å². The summed E-state index contributed by atoms with van der Waals surface area (Å²) < 4.78 is 34.5. The molecule has 3 aromatic carbocycles. The maximum Gasteiger partial charge on any atom is 0.264 e. The molecule has 1 unspecified atom stereocenters. The van der Waals surface area contributed by atoms with Crippen molar-refractivity contribution in [3.05, 3.63) is 87.9 Å². The molecule has 0 fully saturated rings. The molecule has 8 nitrogen and oxygen atoms in total. The highest BCUT2D eigenvalue weighted by atomic mass is 35.5. The summed E-state index contributed by atoms with van der Waals surface area (Å²) in [6.07, 6.45) is 0.